The van der Waals surface area contributed by atoms with Crippen LogP contribution in [0.1, 0.15) is 58.8 Å². The van der Waals surface area contributed by atoms with Gasteiger partial charge in [-0.05, 0) is 50.6 Å². The number of benzene rings is 2. The molecule has 3 aromatic rings. The summed E-state index contributed by atoms with van der Waals surface area (Å²) in [6.45, 7) is 13.7. The molecule has 0 atom stereocenters. The maximum atomic E-state index is 12.5. The summed E-state index contributed by atoms with van der Waals surface area (Å²) in [4.78, 5) is 24.9. The summed E-state index contributed by atoms with van der Waals surface area (Å²) in [7, 11) is 1.78. The van der Waals surface area contributed by atoms with Crippen molar-refractivity contribution in [3.05, 3.63) is 89.5 Å². The summed E-state index contributed by atoms with van der Waals surface area (Å²) >= 11 is 0. The van der Waals surface area contributed by atoms with Crippen LogP contribution in [0.15, 0.2) is 84.0 Å². The lowest BCUT2D eigenvalue weighted by molar-refractivity contribution is -0.112. The average Bonchev–Trinajstić information content (AvgIpc) is 3.27. The molecule has 2 amide bonds. The third-order valence-corrected chi connectivity index (χ3v) is 4.99. The van der Waals surface area contributed by atoms with Crippen LogP contribution in [0.5, 0.6) is 0 Å². The molecule has 1 aromatic heterocycles. The molecule has 6 heteroatoms. The van der Waals surface area contributed by atoms with Gasteiger partial charge in [0.15, 0.2) is 0 Å². The fraction of sp³-hybridized carbons (Fsp3) is 0.276. The molecule has 0 aliphatic carbocycles. The van der Waals surface area contributed by atoms with Crippen molar-refractivity contribution in [2.75, 3.05) is 10.6 Å². The minimum absolute atomic E-state index is 0.144. The van der Waals surface area contributed by atoms with E-state index in [1.807, 2.05) is 103 Å². The Hall–Kier alpha value is -3.93. The SMILES string of the molecule is C/C=C(C)\C(=C/C)C(=O)Nc1ccc(-c2cc(NC(=O)c3ccccc3)n(C)n2)cc1.CC.CC. The zero-order chi connectivity index (χ0) is 26.4. The minimum Gasteiger partial charge on any atom is -0.322 e. The van der Waals surface area contributed by atoms with Crippen molar-refractivity contribution in [3.63, 3.8) is 0 Å². The van der Waals surface area contributed by atoms with Crippen LogP contribution in [0.4, 0.5) is 11.5 Å². The highest BCUT2D eigenvalue weighted by Gasteiger charge is 2.13. The van der Waals surface area contributed by atoms with Gasteiger partial charge in [0.2, 0.25) is 0 Å². The number of nitrogens with one attached hydrogen (secondary N) is 2. The first-order valence-electron chi connectivity index (χ1n) is 12.0. The first-order chi connectivity index (χ1) is 16.9. The summed E-state index contributed by atoms with van der Waals surface area (Å²) in [5.41, 5.74) is 4.46. The molecular formula is C29H38N4O2. The van der Waals surface area contributed by atoms with E-state index >= 15 is 0 Å². The Kier molecular flexibility index (Phi) is 12.5. The predicted octanol–water partition coefficient (Wildman–Crippen LogP) is 7.24. The van der Waals surface area contributed by atoms with Crippen LogP contribution in [-0.4, -0.2) is 21.6 Å². The monoisotopic (exact) mass is 474 g/mol. The molecule has 0 saturated carbocycles. The molecular weight excluding hydrogens is 436 g/mol. The number of aromatic nitrogens is 2. The number of hydrogen-bond acceptors (Lipinski definition) is 3. The van der Waals surface area contributed by atoms with Crippen LogP contribution in [0, 0.1) is 0 Å². The molecule has 3 rings (SSSR count). The Balaban J connectivity index is 0.00000145. The number of amides is 2. The maximum absolute atomic E-state index is 12.5. The van der Waals surface area contributed by atoms with Crippen LogP contribution < -0.4 is 10.6 Å². The predicted molar refractivity (Wildman–Crippen MR) is 148 cm³/mol. The fourth-order valence-electron chi connectivity index (χ4n) is 3.12. The molecule has 0 aliphatic heterocycles. The molecule has 1 heterocycles. The fourth-order valence-corrected chi connectivity index (χ4v) is 3.12. The Labute approximate surface area is 209 Å². The summed E-state index contributed by atoms with van der Waals surface area (Å²) in [5, 5.41) is 10.3. The zero-order valence-electron chi connectivity index (χ0n) is 22.1. The lowest BCUT2D eigenvalue weighted by Crippen LogP contribution is -2.15. The first kappa shape index (κ1) is 29.1. The van der Waals surface area contributed by atoms with Gasteiger partial charge in [0.25, 0.3) is 11.8 Å². The van der Waals surface area contributed by atoms with Gasteiger partial charge in [-0.3, -0.25) is 14.3 Å². The molecule has 35 heavy (non-hydrogen) atoms. The van der Waals surface area contributed by atoms with E-state index in [9.17, 15) is 9.59 Å². The van der Waals surface area contributed by atoms with Crippen molar-refractivity contribution in [2.24, 2.45) is 7.05 Å². The first-order valence-corrected chi connectivity index (χ1v) is 12.0. The molecule has 0 unspecified atom stereocenters. The van der Waals surface area contributed by atoms with E-state index < -0.39 is 0 Å². The van der Waals surface area contributed by atoms with Crippen molar-refractivity contribution in [3.8, 4) is 11.3 Å². The van der Waals surface area contributed by atoms with Gasteiger partial charge in [-0.15, -0.1) is 0 Å². The smallest absolute Gasteiger partial charge is 0.256 e. The number of anilines is 2. The normalized spacial score (nSPS) is 10.9. The minimum atomic E-state index is -0.190. The van der Waals surface area contributed by atoms with Gasteiger partial charge in [-0.25, -0.2) is 0 Å². The Morgan fingerprint density at radius 3 is 2.00 bits per heavy atom. The van der Waals surface area contributed by atoms with Crippen LogP contribution in [0.3, 0.4) is 0 Å². The second-order valence-corrected chi connectivity index (χ2v) is 7.06. The van der Waals surface area contributed by atoms with Crippen molar-refractivity contribution in [1.82, 2.24) is 9.78 Å². The molecule has 0 saturated heterocycles. The van der Waals surface area contributed by atoms with Crippen molar-refractivity contribution < 1.29 is 9.59 Å². The molecule has 0 fully saturated rings. The van der Waals surface area contributed by atoms with Gasteiger partial charge in [0, 0.05) is 35.5 Å². The highest BCUT2D eigenvalue weighted by atomic mass is 16.2. The number of nitrogens with zero attached hydrogens (tertiary/aromatic N) is 2. The highest BCUT2D eigenvalue weighted by Crippen LogP contribution is 2.24. The quantitative estimate of drug-likeness (QED) is 0.292. The number of rotatable bonds is 6. The molecule has 0 aliphatic rings. The number of hydrogen-bond donors (Lipinski definition) is 2. The molecule has 2 N–H and O–H groups in total. The van der Waals surface area contributed by atoms with Crippen molar-refractivity contribution >= 4 is 23.3 Å². The van der Waals surface area contributed by atoms with Gasteiger partial charge in [0.05, 0.1) is 5.69 Å². The van der Waals surface area contributed by atoms with Crippen molar-refractivity contribution in [2.45, 2.75) is 48.5 Å². The molecule has 186 valence electrons. The van der Waals surface area contributed by atoms with Crippen molar-refractivity contribution in [1.29, 1.82) is 0 Å². The largest absolute Gasteiger partial charge is 0.322 e. The van der Waals surface area contributed by atoms with Crippen LogP contribution >= 0.6 is 0 Å². The molecule has 0 radical (unpaired) electrons. The lowest BCUT2D eigenvalue weighted by atomic mass is 10.1. The number of carbonyl (C=O) groups is 2. The van der Waals surface area contributed by atoms with E-state index in [1.54, 1.807) is 29.9 Å². The van der Waals surface area contributed by atoms with Crippen LogP contribution in [-0.2, 0) is 11.8 Å². The zero-order valence-corrected chi connectivity index (χ0v) is 22.1. The Morgan fingerprint density at radius 1 is 0.857 bits per heavy atom. The molecule has 6 nitrogen and oxygen atoms in total. The third kappa shape index (κ3) is 8.10. The van der Waals surface area contributed by atoms with Gasteiger partial charge >= 0.3 is 0 Å². The third-order valence-electron chi connectivity index (χ3n) is 4.99. The average molecular weight is 475 g/mol. The summed E-state index contributed by atoms with van der Waals surface area (Å²) in [6.07, 6.45) is 3.71. The molecule has 2 aromatic carbocycles. The molecule has 0 bridgehead atoms. The standard InChI is InChI=1S/C25H26N4O2.2C2H6/c1-5-17(3)21(6-2)25(31)26-20-14-12-18(13-15-20)22-16-23(29(4)28-22)27-24(30)19-10-8-7-9-11-19;2*1-2/h5-16H,1-4H3,(H,26,31)(H,27,30);2*1-2H3/b17-5-,21-6+;;. The topological polar surface area (TPSA) is 76.0 Å². The van der Waals surface area contributed by atoms with E-state index in [0.29, 0.717) is 22.6 Å². The number of aryl methyl sites for hydroxylation is 1. The van der Waals surface area contributed by atoms with E-state index in [1.165, 1.54) is 0 Å². The van der Waals surface area contributed by atoms with E-state index in [4.69, 9.17) is 0 Å². The van der Waals surface area contributed by atoms with E-state index in [2.05, 4.69) is 15.7 Å². The van der Waals surface area contributed by atoms with E-state index in [0.717, 1.165) is 16.8 Å². The molecule has 0 spiro atoms. The summed E-state index contributed by atoms with van der Waals surface area (Å²) in [5.74, 6) is 0.264. The second-order valence-electron chi connectivity index (χ2n) is 7.06. The number of allylic oxidation sites excluding steroid dienone is 2. The van der Waals surface area contributed by atoms with Gasteiger partial charge in [-0.2, -0.15) is 5.10 Å². The highest BCUT2D eigenvalue weighted by molar-refractivity contribution is 6.07. The van der Waals surface area contributed by atoms with Crippen LogP contribution in [0.2, 0.25) is 0 Å². The van der Waals surface area contributed by atoms with E-state index in [-0.39, 0.29) is 11.8 Å². The van der Waals surface area contributed by atoms with Gasteiger partial charge in [-0.1, -0.05) is 70.2 Å². The summed E-state index contributed by atoms with van der Waals surface area (Å²) in [6, 6.07) is 18.3. The maximum Gasteiger partial charge on any atom is 0.256 e. The summed E-state index contributed by atoms with van der Waals surface area (Å²) < 4.78 is 1.63. The van der Waals surface area contributed by atoms with Gasteiger partial charge in [0.1, 0.15) is 5.82 Å². The Bertz CT molecular complexity index is 1140. The Morgan fingerprint density at radius 2 is 1.46 bits per heavy atom. The lowest BCUT2D eigenvalue weighted by Gasteiger charge is -2.09. The second kappa shape index (κ2) is 15.1. The van der Waals surface area contributed by atoms with Gasteiger partial charge < -0.3 is 10.6 Å². The van der Waals surface area contributed by atoms with Crippen LogP contribution in [0.25, 0.3) is 11.3 Å². The number of carbonyl (C=O) groups excluding carboxylic acids is 2.